The van der Waals surface area contributed by atoms with E-state index in [2.05, 4.69) is 91.7 Å². The molecule has 0 spiro atoms. The Kier molecular flexibility index (Phi) is 107. The van der Waals surface area contributed by atoms with E-state index >= 15 is 0 Å². The minimum absolute atomic E-state index is 0. The average Bonchev–Trinajstić information content (AvgIpc) is 3.38. The molecule has 0 atom stereocenters. The number of rotatable bonds is 5. The first-order valence-corrected chi connectivity index (χ1v) is 20.2. The van der Waals surface area contributed by atoms with Crippen molar-refractivity contribution in [3.63, 3.8) is 0 Å². The Labute approximate surface area is 308 Å². The summed E-state index contributed by atoms with van der Waals surface area (Å²) in [6.45, 7) is 11.1. The summed E-state index contributed by atoms with van der Waals surface area (Å²) in [5.41, 5.74) is 0. The van der Waals surface area contributed by atoms with Crippen LogP contribution in [0, 0.1) is 37.0 Å². The van der Waals surface area contributed by atoms with Crippen molar-refractivity contribution in [2.24, 2.45) is 5.92 Å². The molecular formula is C31H76N8Si2Ti2. The van der Waals surface area contributed by atoms with Crippen LogP contribution in [0.1, 0.15) is 34.0 Å². The Balaban J connectivity index is -0.0000000341. The molecule has 0 unspecified atom stereocenters. The SMILES string of the molecule is CC#CC#CC[Si](C)(C)NC.C[N-]C.C[N-]C.C[N-]C.C[N-]C.C[N-]C.C[N-]C.C[N-][Si](C)(C)CC1CCCC1.[CH3-].[HH].[Ti+4].[Ti+4]. The Morgan fingerprint density at radius 1 is 0.651 bits per heavy atom. The van der Waals surface area contributed by atoms with E-state index < -0.39 is 16.5 Å². The molecule has 0 saturated heterocycles. The predicted octanol–water partition coefficient (Wildman–Crippen LogP) is 9.23. The van der Waals surface area contributed by atoms with E-state index in [0.717, 1.165) is 12.0 Å². The van der Waals surface area contributed by atoms with Gasteiger partial charge < -0.3 is 49.3 Å². The minimum Gasteiger partial charge on any atom is -0.668 e. The molecule has 1 N–H and O–H groups in total. The van der Waals surface area contributed by atoms with Crippen LogP contribution in [0.5, 0.6) is 0 Å². The molecule has 0 heterocycles. The first-order chi connectivity index (χ1) is 18.7. The van der Waals surface area contributed by atoms with Crippen molar-refractivity contribution in [3.05, 3.63) is 44.3 Å². The summed E-state index contributed by atoms with van der Waals surface area (Å²) in [6, 6.07) is 2.40. The zero-order valence-corrected chi connectivity index (χ0v) is 37.6. The van der Waals surface area contributed by atoms with E-state index in [9.17, 15) is 0 Å². The Morgan fingerprint density at radius 2 is 0.953 bits per heavy atom. The van der Waals surface area contributed by atoms with Crippen molar-refractivity contribution in [2.75, 3.05) is 98.7 Å². The van der Waals surface area contributed by atoms with E-state index in [1.54, 1.807) is 91.5 Å². The summed E-state index contributed by atoms with van der Waals surface area (Å²) in [7, 11) is 22.7. The molecule has 1 rings (SSSR count). The van der Waals surface area contributed by atoms with E-state index in [-0.39, 0.29) is 52.3 Å². The van der Waals surface area contributed by atoms with E-state index in [1.165, 1.54) is 31.7 Å². The van der Waals surface area contributed by atoms with Crippen LogP contribution in [-0.2, 0) is 43.4 Å². The van der Waals surface area contributed by atoms with Crippen LogP contribution in [0.2, 0.25) is 38.3 Å². The van der Waals surface area contributed by atoms with Gasteiger partial charge in [-0.2, -0.15) is 91.6 Å². The topological polar surface area (TPSA) is 111 Å². The molecule has 0 aromatic rings. The van der Waals surface area contributed by atoms with Gasteiger partial charge in [0.05, 0.1) is 0 Å². The molecule has 0 aromatic heterocycles. The van der Waals surface area contributed by atoms with Gasteiger partial charge in [-0.1, -0.05) is 78.0 Å². The van der Waals surface area contributed by atoms with Gasteiger partial charge in [0.1, 0.15) is 8.24 Å². The first-order valence-electron chi connectivity index (χ1n) is 13.8. The van der Waals surface area contributed by atoms with Gasteiger partial charge >= 0.3 is 43.4 Å². The van der Waals surface area contributed by atoms with Crippen molar-refractivity contribution in [2.45, 2.75) is 70.9 Å². The maximum Gasteiger partial charge on any atom is 4.00 e. The fourth-order valence-electron chi connectivity index (χ4n) is 2.47. The molecule has 256 valence electrons. The summed E-state index contributed by atoms with van der Waals surface area (Å²) in [5.74, 6) is 12.4. The van der Waals surface area contributed by atoms with Crippen LogP contribution in [0.15, 0.2) is 0 Å². The Morgan fingerprint density at radius 3 is 1.19 bits per heavy atom. The fourth-order valence-corrected chi connectivity index (χ4v) is 5.18. The van der Waals surface area contributed by atoms with Crippen molar-refractivity contribution in [3.8, 4) is 23.7 Å². The molecule has 0 radical (unpaired) electrons. The van der Waals surface area contributed by atoms with Gasteiger partial charge in [0.15, 0.2) is 0 Å². The summed E-state index contributed by atoms with van der Waals surface area (Å²) < 4.78 is 0. The summed E-state index contributed by atoms with van der Waals surface area (Å²) in [5, 5.41) is 21.0. The molecule has 12 heteroatoms. The zero-order chi connectivity index (χ0) is 33.3. The molecule has 1 fully saturated rings. The van der Waals surface area contributed by atoms with Crippen molar-refractivity contribution in [1.29, 1.82) is 0 Å². The quantitative estimate of drug-likeness (QED) is 0.171. The first kappa shape index (κ1) is 70.1. The Bertz CT molecular complexity index is 523. The van der Waals surface area contributed by atoms with Gasteiger partial charge in [-0.15, -0.1) is 0 Å². The number of hydrogen-bond donors (Lipinski definition) is 1. The fraction of sp³-hybridized carbons (Fsp3) is 0.839. The smallest absolute Gasteiger partial charge is 0.668 e. The molecule has 43 heavy (non-hydrogen) atoms. The van der Waals surface area contributed by atoms with Crippen molar-refractivity contribution in [1.82, 2.24) is 4.98 Å². The van der Waals surface area contributed by atoms with Gasteiger partial charge in [0, 0.05) is 7.47 Å². The third kappa shape index (κ3) is 107. The van der Waals surface area contributed by atoms with Crippen LogP contribution in [-0.4, -0.2) is 115 Å². The Hall–Kier alpha value is 0.662. The van der Waals surface area contributed by atoms with E-state index in [1.807, 2.05) is 14.1 Å². The summed E-state index contributed by atoms with van der Waals surface area (Å²) >= 11 is 0. The minimum atomic E-state index is -1.22. The third-order valence-electron chi connectivity index (χ3n) is 4.35. The van der Waals surface area contributed by atoms with Crippen molar-refractivity contribution >= 4 is 16.5 Å². The van der Waals surface area contributed by atoms with Crippen LogP contribution in [0.25, 0.3) is 36.9 Å². The number of hydrogen-bond acceptors (Lipinski definition) is 1. The van der Waals surface area contributed by atoms with Crippen LogP contribution < -0.4 is 4.98 Å². The standard InChI is InChI=1S/C9H20NSi.C9H15NSi.6C2H6N.CH3.2Ti.H2/c1-10-11(2,3)8-9-6-4-5-7-9;1-5-6-7-8-9-11(3,4)10-2;6*1-3-2;;;;/h9H,4-8H2,1-3H3;10H,9H2,1-4H3;6*1-2H3;1H3;;;1H/q-1;;7*-1;2*+4;. The average molecular weight is 713 g/mol. The molecule has 8 nitrogen and oxygen atoms in total. The van der Waals surface area contributed by atoms with Crippen LogP contribution >= 0.6 is 0 Å². The molecule has 0 amide bonds. The zero-order valence-electron chi connectivity index (χ0n) is 32.5. The normalized spacial score (nSPS) is 10.2. The van der Waals surface area contributed by atoms with Gasteiger partial charge in [-0.05, 0) is 31.7 Å². The molecule has 0 bridgehead atoms. The molecular weight excluding hydrogens is 636 g/mol. The van der Waals surface area contributed by atoms with Gasteiger partial charge in [-0.3, -0.25) is 0 Å². The van der Waals surface area contributed by atoms with Crippen LogP contribution in [0.4, 0.5) is 0 Å². The van der Waals surface area contributed by atoms with Gasteiger partial charge in [0.2, 0.25) is 0 Å². The second kappa shape index (κ2) is 65.3. The molecule has 1 saturated carbocycles. The van der Waals surface area contributed by atoms with Crippen LogP contribution in [0.3, 0.4) is 0 Å². The van der Waals surface area contributed by atoms with Gasteiger partial charge in [0.25, 0.3) is 0 Å². The summed E-state index contributed by atoms with van der Waals surface area (Å²) in [4.78, 5) is 7.83. The maximum atomic E-state index is 4.52. The molecule has 1 aliphatic carbocycles. The second-order valence-corrected chi connectivity index (χ2v) is 19.2. The second-order valence-electron chi connectivity index (χ2n) is 10.1. The number of nitrogens with zero attached hydrogens (tertiary/aromatic N) is 7. The maximum absolute atomic E-state index is 4.52. The predicted molar refractivity (Wildman–Crippen MR) is 206 cm³/mol. The van der Waals surface area contributed by atoms with E-state index in [0.29, 0.717) is 0 Å². The molecule has 1 aliphatic rings. The van der Waals surface area contributed by atoms with Gasteiger partial charge in [-0.25, -0.2) is 0 Å². The van der Waals surface area contributed by atoms with E-state index in [4.69, 9.17) is 0 Å². The van der Waals surface area contributed by atoms with Crippen molar-refractivity contribution < 1.29 is 44.9 Å². The largest absolute Gasteiger partial charge is 4.00 e. The molecule has 0 aliphatic heterocycles. The summed E-state index contributed by atoms with van der Waals surface area (Å²) in [6.07, 6.45) is 5.90. The third-order valence-corrected chi connectivity index (χ3v) is 9.55. The monoisotopic (exact) mass is 712 g/mol. The number of nitrogens with one attached hydrogen (secondary N) is 1. The molecule has 0 aromatic carbocycles.